The second-order valence-corrected chi connectivity index (χ2v) is 4.55. The molecule has 0 spiro atoms. The van der Waals surface area contributed by atoms with E-state index in [1.54, 1.807) is 0 Å². The fourth-order valence-electron chi connectivity index (χ4n) is 2.06. The van der Waals surface area contributed by atoms with Crippen molar-refractivity contribution in [2.45, 2.75) is 19.6 Å². The molecule has 0 N–H and O–H groups in total. The Hall–Kier alpha value is -2.00. The number of hydrogen-bond donors (Lipinski definition) is 0. The van der Waals surface area contributed by atoms with Crippen LogP contribution in [0, 0.1) is 0 Å². The van der Waals surface area contributed by atoms with Crippen LogP contribution in [0.1, 0.15) is 24.2 Å². The molecule has 0 fully saturated rings. The van der Waals surface area contributed by atoms with Crippen LogP contribution in [0.2, 0.25) is 0 Å². The van der Waals surface area contributed by atoms with Gasteiger partial charge in [-0.25, -0.2) is 0 Å². The van der Waals surface area contributed by atoms with E-state index in [1.165, 1.54) is 5.56 Å². The number of hydrogen-bond acceptors (Lipinski definition) is 3. The fraction of sp³-hybridized carbons (Fsp3) is 0.250. The van der Waals surface area contributed by atoms with Crippen molar-refractivity contribution in [3.05, 3.63) is 59.7 Å². The van der Waals surface area contributed by atoms with Crippen molar-refractivity contribution >= 4 is 0 Å². The molecule has 0 radical (unpaired) electrons. The Morgan fingerprint density at radius 2 is 1.84 bits per heavy atom. The Balaban J connectivity index is 1.65. The zero-order chi connectivity index (χ0) is 13.1. The standard InChI is InChI=1S/C16H16O3/c1-12(17-10-13-5-3-2-4-6-13)14-7-8-15-16(9-14)19-11-18-15/h2-9,12H,10-11H2,1H3. The maximum absolute atomic E-state index is 5.88. The molecule has 3 nitrogen and oxygen atoms in total. The van der Waals surface area contributed by atoms with Gasteiger partial charge in [0.1, 0.15) is 0 Å². The number of fused-ring (bicyclic) bond motifs is 1. The van der Waals surface area contributed by atoms with Gasteiger partial charge in [0.15, 0.2) is 11.5 Å². The van der Waals surface area contributed by atoms with Crippen LogP contribution in [0.3, 0.4) is 0 Å². The lowest BCUT2D eigenvalue weighted by Gasteiger charge is -2.14. The zero-order valence-electron chi connectivity index (χ0n) is 10.8. The predicted octanol–water partition coefficient (Wildman–Crippen LogP) is 3.69. The molecule has 0 amide bonds. The van der Waals surface area contributed by atoms with Gasteiger partial charge >= 0.3 is 0 Å². The molecule has 0 saturated heterocycles. The van der Waals surface area contributed by atoms with Gasteiger partial charge in [0, 0.05) is 0 Å². The van der Waals surface area contributed by atoms with E-state index in [9.17, 15) is 0 Å². The highest BCUT2D eigenvalue weighted by Gasteiger charge is 2.15. The molecule has 1 heterocycles. The summed E-state index contributed by atoms with van der Waals surface area (Å²) >= 11 is 0. The first-order chi connectivity index (χ1) is 9.33. The van der Waals surface area contributed by atoms with E-state index in [-0.39, 0.29) is 6.10 Å². The summed E-state index contributed by atoms with van der Waals surface area (Å²) in [6, 6.07) is 16.1. The normalized spacial score (nSPS) is 14.4. The Kier molecular flexibility index (Phi) is 3.38. The summed E-state index contributed by atoms with van der Waals surface area (Å²) in [6.07, 6.45) is 0.0229. The Morgan fingerprint density at radius 1 is 1.05 bits per heavy atom. The van der Waals surface area contributed by atoms with Crippen LogP contribution in [-0.4, -0.2) is 6.79 Å². The summed E-state index contributed by atoms with van der Waals surface area (Å²) in [5.74, 6) is 1.60. The lowest BCUT2D eigenvalue weighted by molar-refractivity contribution is 0.0524. The van der Waals surface area contributed by atoms with Crippen LogP contribution in [0.15, 0.2) is 48.5 Å². The third-order valence-corrected chi connectivity index (χ3v) is 3.21. The van der Waals surface area contributed by atoms with Gasteiger partial charge < -0.3 is 14.2 Å². The molecule has 0 aromatic heterocycles. The minimum Gasteiger partial charge on any atom is -0.454 e. The van der Waals surface area contributed by atoms with Crippen molar-refractivity contribution in [3.63, 3.8) is 0 Å². The van der Waals surface area contributed by atoms with Gasteiger partial charge in [-0.1, -0.05) is 36.4 Å². The topological polar surface area (TPSA) is 27.7 Å². The fourth-order valence-corrected chi connectivity index (χ4v) is 2.06. The lowest BCUT2D eigenvalue weighted by atomic mass is 10.1. The van der Waals surface area contributed by atoms with Crippen LogP contribution < -0.4 is 9.47 Å². The summed E-state index contributed by atoms with van der Waals surface area (Å²) in [7, 11) is 0. The summed E-state index contributed by atoms with van der Waals surface area (Å²) in [5, 5.41) is 0. The summed E-state index contributed by atoms with van der Waals surface area (Å²) in [5.41, 5.74) is 2.27. The summed E-state index contributed by atoms with van der Waals surface area (Å²) in [4.78, 5) is 0. The van der Waals surface area contributed by atoms with Crippen molar-refractivity contribution in [1.82, 2.24) is 0 Å². The van der Waals surface area contributed by atoms with Gasteiger partial charge in [-0.2, -0.15) is 0 Å². The van der Waals surface area contributed by atoms with Crippen molar-refractivity contribution in [2.75, 3.05) is 6.79 Å². The molecule has 1 aliphatic heterocycles. The molecular weight excluding hydrogens is 240 g/mol. The zero-order valence-corrected chi connectivity index (χ0v) is 10.8. The van der Waals surface area contributed by atoms with Gasteiger partial charge in [0.25, 0.3) is 0 Å². The van der Waals surface area contributed by atoms with Gasteiger partial charge in [-0.05, 0) is 30.2 Å². The molecular formula is C16H16O3. The monoisotopic (exact) mass is 256 g/mol. The van der Waals surface area contributed by atoms with E-state index < -0.39 is 0 Å². The Labute approximate surface area is 112 Å². The van der Waals surface area contributed by atoms with Crippen molar-refractivity contribution in [2.24, 2.45) is 0 Å². The molecule has 1 atom stereocenters. The highest BCUT2D eigenvalue weighted by molar-refractivity contribution is 5.45. The average Bonchev–Trinajstić information content (AvgIpc) is 2.93. The molecule has 2 aromatic rings. The second kappa shape index (κ2) is 5.33. The summed E-state index contributed by atoms with van der Waals surface area (Å²) < 4.78 is 16.6. The first kappa shape index (κ1) is 12.1. The van der Waals surface area contributed by atoms with Gasteiger partial charge in [0.2, 0.25) is 6.79 Å². The molecule has 0 saturated carbocycles. The highest BCUT2D eigenvalue weighted by atomic mass is 16.7. The van der Waals surface area contributed by atoms with Crippen LogP contribution in [-0.2, 0) is 11.3 Å². The second-order valence-electron chi connectivity index (χ2n) is 4.55. The van der Waals surface area contributed by atoms with Gasteiger partial charge in [-0.15, -0.1) is 0 Å². The van der Waals surface area contributed by atoms with Crippen LogP contribution >= 0.6 is 0 Å². The minimum atomic E-state index is 0.0229. The van der Waals surface area contributed by atoms with Gasteiger partial charge in [-0.3, -0.25) is 0 Å². The van der Waals surface area contributed by atoms with Crippen LogP contribution in [0.5, 0.6) is 11.5 Å². The average molecular weight is 256 g/mol. The quantitative estimate of drug-likeness (QED) is 0.835. The molecule has 0 aliphatic carbocycles. The van der Waals surface area contributed by atoms with E-state index in [2.05, 4.69) is 12.1 Å². The predicted molar refractivity (Wildman–Crippen MR) is 72.2 cm³/mol. The largest absolute Gasteiger partial charge is 0.454 e. The molecule has 3 rings (SSSR count). The maximum Gasteiger partial charge on any atom is 0.231 e. The molecule has 1 aliphatic rings. The number of ether oxygens (including phenoxy) is 3. The first-order valence-electron chi connectivity index (χ1n) is 6.38. The minimum absolute atomic E-state index is 0.0229. The third-order valence-electron chi connectivity index (χ3n) is 3.21. The number of benzene rings is 2. The Morgan fingerprint density at radius 3 is 2.68 bits per heavy atom. The summed E-state index contributed by atoms with van der Waals surface area (Å²) in [6.45, 7) is 2.95. The van der Waals surface area contributed by atoms with Crippen LogP contribution in [0.4, 0.5) is 0 Å². The van der Waals surface area contributed by atoms with Crippen molar-refractivity contribution in [3.8, 4) is 11.5 Å². The maximum atomic E-state index is 5.88. The van der Waals surface area contributed by atoms with E-state index in [0.717, 1.165) is 17.1 Å². The van der Waals surface area contributed by atoms with Crippen LogP contribution in [0.25, 0.3) is 0 Å². The van der Waals surface area contributed by atoms with Crippen molar-refractivity contribution < 1.29 is 14.2 Å². The lowest BCUT2D eigenvalue weighted by Crippen LogP contribution is -2.00. The van der Waals surface area contributed by atoms with E-state index >= 15 is 0 Å². The molecule has 98 valence electrons. The van der Waals surface area contributed by atoms with E-state index in [0.29, 0.717) is 13.4 Å². The molecule has 0 bridgehead atoms. The SMILES string of the molecule is CC(OCc1ccccc1)c1ccc2c(c1)OCO2. The molecule has 2 aromatic carbocycles. The third kappa shape index (κ3) is 2.71. The Bertz CT molecular complexity index is 551. The van der Waals surface area contributed by atoms with Crippen molar-refractivity contribution in [1.29, 1.82) is 0 Å². The number of rotatable bonds is 4. The first-order valence-corrected chi connectivity index (χ1v) is 6.38. The van der Waals surface area contributed by atoms with E-state index in [4.69, 9.17) is 14.2 Å². The molecule has 1 unspecified atom stereocenters. The molecule has 3 heteroatoms. The highest BCUT2D eigenvalue weighted by Crippen LogP contribution is 2.34. The van der Waals surface area contributed by atoms with Gasteiger partial charge in [0.05, 0.1) is 12.7 Å². The molecule has 19 heavy (non-hydrogen) atoms. The smallest absolute Gasteiger partial charge is 0.231 e. The van der Waals surface area contributed by atoms with E-state index in [1.807, 2.05) is 43.3 Å².